The first-order valence-electron chi connectivity index (χ1n) is 7.14. The van der Waals surface area contributed by atoms with E-state index in [1.54, 1.807) is 6.07 Å². The molecular weight excluding hydrogens is 366 g/mol. The number of carboxylic acids is 1. The molecule has 2 aromatic carbocycles. The van der Waals surface area contributed by atoms with Gasteiger partial charge in [0.15, 0.2) is 0 Å². The number of halogens is 6. The molecule has 0 atom stereocenters. The fraction of sp³-hybridized carbons (Fsp3) is 0.235. The Morgan fingerprint density at radius 1 is 0.846 bits per heavy atom. The van der Waals surface area contributed by atoms with Crippen LogP contribution >= 0.6 is 0 Å². The number of aromatic carboxylic acids is 1. The highest BCUT2D eigenvalue weighted by atomic mass is 19.4. The Hall–Kier alpha value is -2.55. The quantitative estimate of drug-likeness (QED) is 0.752. The summed E-state index contributed by atoms with van der Waals surface area (Å²) in [6, 6.07) is 9.33. The summed E-state index contributed by atoms with van der Waals surface area (Å²) in [7, 11) is 0. The minimum atomic E-state index is -5.83. The topological polar surface area (TPSA) is 46.5 Å². The Kier molecular flexibility index (Phi) is 5.31. The van der Waals surface area contributed by atoms with Crippen LogP contribution in [0.15, 0.2) is 54.6 Å². The molecule has 1 N–H and O–H groups in total. The average molecular weight is 378 g/mol. The van der Waals surface area contributed by atoms with Crippen LogP contribution in [0, 0.1) is 0 Å². The number of hydrogen-bond acceptors (Lipinski definition) is 2. The van der Waals surface area contributed by atoms with Crippen LogP contribution in [0.1, 0.15) is 21.5 Å². The molecule has 140 valence electrons. The van der Waals surface area contributed by atoms with Crippen LogP contribution in [0.3, 0.4) is 0 Å². The normalized spacial score (nSPS) is 12.8. The molecule has 3 nitrogen and oxygen atoms in total. The van der Waals surface area contributed by atoms with Gasteiger partial charge in [0.2, 0.25) is 0 Å². The van der Waals surface area contributed by atoms with Gasteiger partial charge in [-0.25, -0.2) is 4.79 Å². The highest BCUT2D eigenvalue weighted by molar-refractivity contribution is 5.87. The van der Waals surface area contributed by atoms with Crippen molar-refractivity contribution >= 4 is 5.97 Å². The third-order valence-electron chi connectivity index (χ3n) is 3.63. The lowest BCUT2D eigenvalue weighted by Crippen LogP contribution is -2.55. The molecule has 0 aliphatic rings. The van der Waals surface area contributed by atoms with Gasteiger partial charge in [-0.2, -0.15) is 26.3 Å². The van der Waals surface area contributed by atoms with Crippen molar-refractivity contribution in [2.45, 2.75) is 24.6 Å². The van der Waals surface area contributed by atoms with Crippen molar-refractivity contribution in [2.75, 3.05) is 0 Å². The van der Waals surface area contributed by atoms with E-state index in [1.165, 1.54) is 24.3 Å². The van der Waals surface area contributed by atoms with Gasteiger partial charge in [0.25, 0.3) is 5.60 Å². The number of benzene rings is 2. The molecule has 0 aromatic heterocycles. The van der Waals surface area contributed by atoms with Gasteiger partial charge in [0.1, 0.15) is 0 Å². The van der Waals surface area contributed by atoms with E-state index >= 15 is 0 Å². The zero-order valence-electron chi connectivity index (χ0n) is 12.9. The maximum Gasteiger partial charge on any atom is 0.430 e. The standard InChI is InChI=1S/C17H12F6O3/c18-16(19,20)15(17(21,22)23,26-10-11-4-2-1-3-5-11)13-8-6-12(7-9-13)14(24)25/h1-9H,10H2,(H,24,25). The first kappa shape index (κ1) is 19.8. The summed E-state index contributed by atoms with van der Waals surface area (Å²) >= 11 is 0. The van der Waals surface area contributed by atoms with Crippen molar-refractivity contribution in [3.8, 4) is 0 Å². The molecule has 0 heterocycles. The summed E-state index contributed by atoms with van der Waals surface area (Å²) in [5.74, 6) is -1.48. The summed E-state index contributed by atoms with van der Waals surface area (Å²) < 4.78 is 85.8. The Bertz CT molecular complexity index is 737. The lowest BCUT2D eigenvalue weighted by Gasteiger charge is -2.37. The maximum atomic E-state index is 13.6. The van der Waals surface area contributed by atoms with Gasteiger partial charge in [-0.3, -0.25) is 0 Å². The molecule has 0 spiro atoms. The Morgan fingerprint density at radius 3 is 1.77 bits per heavy atom. The fourth-order valence-corrected chi connectivity index (χ4v) is 2.35. The second-order valence-electron chi connectivity index (χ2n) is 5.33. The van der Waals surface area contributed by atoms with Crippen LogP contribution in [0.2, 0.25) is 0 Å². The van der Waals surface area contributed by atoms with E-state index in [9.17, 15) is 31.1 Å². The summed E-state index contributed by atoms with van der Waals surface area (Å²) in [6.45, 7) is -0.944. The van der Waals surface area contributed by atoms with E-state index in [0.717, 1.165) is 0 Å². The van der Waals surface area contributed by atoms with E-state index in [2.05, 4.69) is 4.74 Å². The molecule has 26 heavy (non-hydrogen) atoms. The molecule has 0 bridgehead atoms. The van der Waals surface area contributed by atoms with Gasteiger partial charge in [-0.15, -0.1) is 0 Å². The molecule has 0 saturated carbocycles. The Labute approximate surface area is 143 Å². The lowest BCUT2D eigenvalue weighted by molar-refractivity contribution is -0.392. The summed E-state index contributed by atoms with van der Waals surface area (Å²) in [6.07, 6.45) is -11.7. The zero-order valence-corrected chi connectivity index (χ0v) is 12.9. The summed E-state index contributed by atoms with van der Waals surface area (Å²) in [5, 5.41) is 8.77. The average Bonchev–Trinajstić information content (AvgIpc) is 2.54. The molecule has 0 aliphatic heterocycles. The van der Waals surface area contributed by atoms with E-state index in [0.29, 0.717) is 24.3 Å². The Balaban J connectivity index is 2.54. The number of ether oxygens (including phenoxy) is 1. The van der Waals surface area contributed by atoms with Gasteiger partial charge < -0.3 is 9.84 Å². The van der Waals surface area contributed by atoms with Crippen LogP contribution < -0.4 is 0 Å². The number of carbonyl (C=O) groups is 1. The maximum absolute atomic E-state index is 13.6. The van der Waals surface area contributed by atoms with E-state index < -0.39 is 41.7 Å². The van der Waals surface area contributed by atoms with Crippen molar-refractivity contribution in [2.24, 2.45) is 0 Å². The number of carboxylic acid groups (broad SMARTS) is 1. The van der Waals surface area contributed by atoms with Gasteiger partial charge in [-0.05, 0) is 17.7 Å². The van der Waals surface area contributed by atoms with Crippen LogP contribution in [0.25, 0.3) is 0 Å². The molecule has 0 fully saturated rings. The monoisotopic (exact) mass is 378 g/mol. The highest BCUT2D eigenvalue weighted by Gasteiger charge is 2.73. The fourth-order valence-electron chi connectivity index (χ4n) is 2.35. The Morgan fingerprint density at radius 2 is 1.35 bits per heavy atom. The molecular formula is C17H12F6O3. The molecule has 0 radical (unpaired) electrons. The van der Waals surface area contributed by atoms with Crippen LogP contribution in [0.5, 0.6) is 0 Å². The van der Waals surface area contributed by atoms with E-state index in [-0.39, 0.29) is 5.56 Å². The van der Waals surface area contributed by atoms with Gasteiger partial charge in [0.05, 0.1) is 12.2 Å². The predicted octanol–water partition coefficient (Wildman–Crippen LogP) is 4.92. The summed E-state index contributed by atoms with van der Waals surface area (Å²) in [5.41, 5.74) is -6.17. The third kappa shape index (κ3) is 3.67. The second kappa shape index (κ2) is 6.99. The van der Waals surface area contributed by atoms with Gasteiger partial charge >= 0.3 is 18.3 Å². The molecule has 9 heteroatoms. The smallest absolute Gasteiger partial charge is 0.430 e. The number of hydrogen-bond donors (Lipinski definition) is 1. The van der Waals surface area contributed by atoms with E-state index in [4.69, 9.17) is 5.11 Å². The minimum Gasteiger partial charge on any atom is -0.478 e. The number of rotatable bonds is 5. The van der Waals surface area contributed by atoms with Crippen molar-refractivity contribution in [1.82, 2.24) is 0 Å². The predicted molar refractivity (Wildman–Crippen MR) is 78.4 cm³/mol. The number of alkyl halides is 6. The first-order valence-corrected chi connectivity index (χ1v) is 7.14. The molecule has 0 aliphatic carbocycles. The van der Waals surface area contributed by atoms with E-state index in [1.807, 2.05) is 0 Å². The summed E-state index contributed by atoms with van der Waals surface area (Å²) in [4.78, 5) is 10.8. The van der Waals surface area contributed by atoms with Crippen molar-refractivity contribution < 1.29 is 41.0 Å². The molecule has 0 saturated heterocycles. The zero-order chi connectivity index (χ0) is 19.6. The first-order chi connectivity index (χ1) is 12.0. The second-order valence-corrected chi connectivity index (χ2v) is 5.33. The largest absolute Gasteiger partial charge is 0.478 e. The lowest BCUT2D eigenvalue weighted by atomic mass is 9.91. The van der Waals surface area contributed by atoms with Crippen molar-refractivity contribution in [1.29, 1.82) is 0 Å². The molecule has 0 unspecified atom stereocenters. The van der Waals surface area contributed by atoms with Crippen molar-refractivity contribution in [3.63, 3.8) is 0 Å². The third-order valence-corrected chi connectivity index (χ3v) is 3.63. The molecule has 2 rings (SSSR count). The molecule has 0 amide bonds. The van der Waals surface area contributed by atoms with Crippen LogP contribution in [-0.4, -0.2) is 23.4 Å². The van der Waals surface area contributed by atoms with Crippen molar-refractivity contribution in [3.05, 3.63) is 71.3 Å². The van der Waals surface area contributed by atoms with Gasteiger partial charge in [0, 0.05) is 5.56 Å². The van der Waals surface area contributed by atoms with Gasteiger partial charge in [-0.1, -0.05) is 42.5 Å². The van der Waals surface area contributed by atoms with Crippen LogP contribution in [0.4, 0.5) is 26.3 Å². The molecule has 2 aromatic rings. The van der Waals surface area contributed by atoms with Crippen LogP contribution in [-0.2, 0) is 16.9 Å². The SMILES string of the molecule is O=C(O)c1ccc(C(OCc2ccccc2)(C(F)(F)F)C(F)(F)F)cc1. The minimum absolute atomic E-state index is 0.118. The highest BCUT2D eigenvalue weighted by Crippen LogP contribution is 2.53.